The molecule has 1 spiro atoms. The molecule has 0 aromatic heterocycles. The van der Waals surface area contributed by atoms with Crippen LogP contribution in [0.1, 0.15) is 110 Å². The van der Waals surface area contributed by atoms with E-state index in [2.05, 4.69) is 0 Å². The van der Waals surface area contributed by atoms with Crippen LogP contribution in [0.25, 0.3) is 33.4 Å². The van der Waals surface area contributed by atoms with Gasteiger partial charge in [-0.15, -0.1) is 0 Å². The Balaban J connectivity index is 0.00000820. The van der Waals surface area contributed by atoms with Gasteiger partial charge in [0.2, 0.25) is 0 Å². The summed E-state index contributed by atoms with van der Waals surface area (Å²) in [7, 11) is 4.09. The molecule has 0 amide bonds. The van der Waals surface area contributed by atoms with Gasteiger partial charge >= 0.3 is 24.7 Å². The fourth-order valence-corrected chi connectivity index (χ4v) is 11.5. The Labute approximate surface area is 439 Å². The molecule has 0 bridgehead atoms. The Kier molecular flexibility index (Phi) is 15.1. The number of methoxy groups -OCH3 is 3. The molecular formula is C58H56BrF12NO3. The topological polar surface area (TPSA) is 27.7 Å². The van der Waals surface area contributed by atoms with E-state index in [4.69, 9.17) is 14.2 Å². The van der Waals surface area contributed by atoms with Gasteiger partial charge in [0.25, 0.3) is 0 Å². The van der Waals surface area contributed by atoms with Gasteiger partial charge in [0.1, 0.15) is 30.6 Å². The van der Waals surface area contributed by atoms with Crippen molar-refractivity contribution in [1.82, 2.24) is 0 Å². The first kappa shape index (κ1) is 57.2. The molecule has 17 heteroatoms. The quantitative estimate of drug-likeness (QED) is 0.112. The SMILES string of the molecule is COc1c(C(C)(C)C)cc2c(c1-c1cc(C(F)(F)F)cc(C(F)(F)F)c1)C[N+]1(CCC[C@@H]1C(OC)(c1ccccc1)c1ccccc1)Cc1c-2cc(C(C)(C)C)c(OC)c1-c1cc(C(F)(F)F)cc(C(F)(F)F)c1.[Br-]. The van der Waals surface area contributed by atoms with Gasteiger partial charge in [-0.1, -0.05) is 102 Å². The first-order valence-electron chi connectivity index (χ1n) is 23.9. The molecule has 6 aromatic rings. The summed E-state index contributed by atoms with van der Waals surface area (Å²) < 4.78 is 199. The van der Waals surface area contributed by atoms with Crippen LogP contribution in [0, 0.1) is 0 Å². The molecule has 1 saturated heterocycles. The highest BCUT2D eigenvalue weighted by Crippen LogP contribution is 2.58. The third-order valence-corrected chi connectivity index (χ3v) is 14.7. The molecule has 0 N–H and O–H groups in total. The van der Waals surface area contributed by atoms with Crippen LogP contribution in [0.4, 0.5) is 52.7 Å². The van der Waals surface area contributed by atoms with E-state index in [1.807, 2.05) is 60.7 Å². The zero-order valence-electron chi connectivity index (χ0n) is 42.6. The van der Waals surface area contributed by atoms with E-state index in [0.29, 0.717) is 59.4 Å². The third kappa shape index (κ3) is 10.4. The predicted molar refractivity (Wildman–Crippen MR) is 259 cm³/mol. The van der Waals surface area contributed by atoms with Crippen molar-refractivity contribution in [3.63, 3.8) is 0 Å². The van der Waals surface area contributed by atoms with Gasteiger partial charge in [-0.05, 0) is 92.7 Å². The Hall–Kier alpha value is -5.52. The van der Waals surface area contributed by atoms with Gasteiger partial charge in [-0.25, -0.2) is 0 Å². The smallest absolute Gasteiger partial charge is 0.416 e. The lowest BCUT2D eigenvalue weighted by Crippen LogP contribution is -3.00. The molecule has 1 atom stereocenters. The van der Waals surface area contributed by atoms with E-state index in [1.165, 1.54) is 21.3 Å². The van der Waals surface area contributed by atoms with Crippen LogP contribution < -0.4 is 26.5 Å². The summed E-state index contributed by atoms with van der Waals surface area (Å²) >= 11 is 0. The molecule has 2 aliphatic heterocycles. The van der Waals surface area contributed by atoms with Crippen LogP contribution in [-0.4, -0.2) is 38.4 Å². The number of alkyl halides is 12. The standard InChI is InChI=1S/C58H56F12NO3.BrH/c1-52(2,3)45-29-41-42-30-46(53(4,5)6)51(73-8)49(34-25-39(57(65,66)67)28-40(26-34)58(68,69)70)44(42)32-71(22-16-21-47(71)54(74-9,35-17-12-10-13-18-35)36-19-14-11-15-20-36)31-43(41)48(50(45)72-7)33-23-37(55(59,60)61)27-38(24-33)56(62,63)64;/h10-15,17-20,23-30,47H,16,21-22,31-32H2,1-9H3;1H/q+1;/p-1/t47-;/m1./s1. The van der Waals surface area contributed by atoms with E-state index in [1.54, 1.807) is 53.7 Å². The highest BCUT2D eigenvalue weighted by Gasteiger charge is 2.58. The number of nitrogens with zero attached hydrogens (tertiary/aromatic N) is 1. The average Bonchev–Trinajstić information content (AvgIpc) is 3.66. The van der Waals surface area contributed by atoms with Crippen molar-refractivity contribution < 1.29 is 88.4 Å². The molecule has 75 heavy (non-hydrogen) atoms. The summed E-state index contributed by atoms with van der Waals surface area (Å²) in [4.78, 5) is 0. The maximum atomic E-state index is 15.0. The molecule has 402 valence electrons. The molecule has 0 unspecified atom stereocenters. The minimum absolute atomic E-state index is 0. The first-order chi connectivity index (χ1) is 34.3. The van der Waals surface area contributed by atoms with Gasteiger partial charge < -0.3 is 35.7 Å². The molecule has 0 saturated carbocycles. The van der Waals surface area contributed by atoms with Gasteiger partial charge in [0, 0.05) is 53.3 Å². The fourth-order valence-electron chi connectivity index (χ4n) is 11.5. The summed E-state index contributed by atoms with van der Waals surface area (Å²) in [6.07, 6.45) is -20.1. The minimum atomic E-state index is -5.25. The number of fused-ring (bicyclic) bond motifs is 3. The van der Waals surface area contributed by atoms with Crippen molar-refractivity contribution in [2.45, 2.75) is 115 Å². The van der Waals surface area contributed by atoms with E-state index in [9.17, 15) is 52.7 Å². The Morgan fingerprint density at radius 2 is 0.787 bits per heavy atom. The highest BCUT2D eigenvalue weighted by atomic mass is 79.9. The van der Waals surface area contributed by atoms with Crippen LogP contribution in [0.2, 0.25) is 0 Å². The second kappa shape index (κ2) is 19.8. The lowest BCUT2D eigenvalue weighted by molar-refractivity contribution is -0.970. The van der Waals surface area contributed by atoms with Crippen LogP contribution in [0.3, 0.4) is 0 Å². The second-order valence-electron chi connectivity index (χ2n) is 21.4. The van der Waals surface area contributed by atoms with Crippen molar-refractivity contribution in [2.75, 3.05) is 27.9 Å². The van der Waals surface area contributed by atoms with Crippen LogP contribution >= 0.6 is 0 Å². The number of hydrogen-bond acceptors (Lipinski definition) is 3. The van der Waals surface area contributed by atoms with Gasteiger partial charge in [-0.2, -0.15) is 52.7 Å². The summed E-state index contributed by atoms with van der Waals surface area (Å²) in [5.74, 6) is -0.0229. The predicted octanol–water partition coefficient (Wildman–Crippen LogP) is 14.0. The third-order valence-electron chi connectivity index (χ3n) is 14.7. The molecule has 6 aromatic carbocycles. The molecule has 8 rings (SSSR count). The normalized spacial score (nSPS) is 16.3. The molecule has 4 nitrogen and oxygen atoms in total. The monoisotopic (exact) mass is 1120 g/mol. The lowest BCUT2D eigenvalue weighted by Gasteiger charge is -2.49. The summed E-state index contributed by atoms with van der Waals surface area (Å²) in [6.45, 7) is 10.7. The van der Waals surface area contributed by atoms with Gasteiger partial charge in [0.15, 0.2) is 5.60 Å². The number of quaternary nitrogens is 1. The number of ether oxygens (including phenoxy) is 3. The summed E-state index contributed by atoms with van der Waals surface area (Å²) in [6, 6.07) is 24.0. The van der Waals surface area contributed by atoms with E-state index in [0.717, 1.165) is 0 Å². The van der Waals surface area contributed by atoms with Crippen molar-refractivity contribution >= 4 is 0 Å². The van der Waals surface area contributed by atoms with Gasteiger partial charge in [-0.3, -0.25) is 0 Å². The molecule has 0 radical (unpaired) electrons. The summed E-state index contributed by atoms with van der Waals surface area (Å²) in [5.41, 5.74) is -7.53. The van der Waals surface area contributed by atoms with Gasteiger partial charge in [0.05, 0.1) is 43.0 Å². The maximum absolute atomic E-state index is 15.0. The number of hydrogen-bond donors (Lipinski definition) is 0. The Morgan fingerprint density at radius 1 is 0.453 bits per heavy atom. The van der Waals surface area contributed by atoms with Crippen LogP contribution in [0.15, 0.2) is 109 Å². The minimum Gasteiger partial charge on any atom is -1.00 e. The molecule has 1 fully saturated rings. The number of halogens is 13. The zero-order valence-corrected chi connectivity index (χ0v) is 44.2. The molecular weight excluding hydrogens is 1070 g/mol. The fraction of sp³-hybridized carbons (Fsp3) is 0.379. The van der Waals surface area contributed by atoms with E-state index < -0.39 is 80.6 Å². The number of rotatable bonds is 8. The molecule has 2 heterocycles. The largest absolute Gasteiger partial charge is 1.00 e. The average molecular weight is 1120 g/mol. The molecule has 0 aliphatic carbocycles. The van der Waals surface area contributed by atoms with Crippen LogP contribution in [0.5, 0.6) is 11.5 Å². The van der Waals surface area contributed by atoms with Crippen molar-refractivity contribution in [3.05, 3.63) is 165 Å². The van der Waals surface area contributed by atoms with Crippen molar-refractivity contribution in [3.8, 4) is 44.9 Å². The maximum Gasteiger partial charge on any atom is 0.416 e. The van der Waals surface area contributed by atoms with E-state index >= 15 is 0 Å². The van der Waals surface area contributed by atoms with Crippen molar-refractivity contribution in [2.24, 2.45) is 0 Å². The van der Waals surface area contributed by atoms with Crippen molar-refractivity contribution in [1.29, 1.82) is 0 Å². The zero-order chi connectivity index (χ0) is 54.4. The Bertz CT molecular complexity index is 2820. The summed E-state index contributed by atoms with van der Waals surface area (Å²) in [5, 5.41) is 0. The van der Waals surface area contributed by atoms with Crippen LogP contribution in [-0.2, 0) is 59.0 Å². The first-order valence-corrected chi connectivity index (χ1v) is 23.9. The Morgan fingerprint density at radius 3 is 1.07 bits per heavy atom. The highest BCUT2D eigenvalue weighted by molar-refractivity contribution is 5.91. The number of benzene rings is 6. The lowest BCUT2D eigenvalue weighted by atomic mass is 9.76. The molecule has 2 aliphatic rings. The second-order valence-corrected chi connectivity index (χ2v) is 21.4. The van der Waals surface area contributed by atoms with E-state index in [-0.39, 0.29) is 98.1 Å².